The molecule has 3 amide bonds. The van der Waals surface area contributed by atoms with Crippen LogP contribution in [0.5, 0.6) is 0 Å². The van der Waals surface area contributed by atoms with E-state index < -0.39 is 0 Å². The summed E-state index contributed by atoms with van der Waals surface area (Å²) in [5.41, 5.74) is 0.731. The zero-order valence-corrected chi connectivity index (χ0v) is 16.4. The third-order valence-corrected chi connectivity index (χ3v) is 6.70. The van der Waals surface area contributed by atoms with E-state index in [2.05, 4.69) is 4.98 Å². The average Bonchev–Trinajstić information content (AvgIpc) is 3.43. The van der Waals surface area contributed by atoms with E-state index in [1.807, 2.05) is 15.2 Å². The molecule has 8 heteroatoms. The van der Waals surface area contributed by atoms with Gasteiger partial charge in [-0.15, -0.1) is 11.3 Å². The van der Waals surface area contributed by atoms with Gasteiger partial charge in [-0.3, -0.25) is 19.3 Å². The maximum Gasteiger partial charge on any atom is 0.228 e. The van der Waals surface area contributed by atoms with Crippen LogP contribution in [-0.2, 0) is 20.8 Å². The highest BCUT2D eigenvalue weighted by Gasteiger charge is 2.31. The molecular formula is C19H26N4O3S. The number of hydrogen-bond acceptors (Lipinski definition) is 5. The van der Waals surface area contributed by atoms with Gasteiger partial charge >= 0.3 is 0 Å². The van der Waals surface area contributed by atoms with E-state index in [0.29, 0.717) is 24.6 Å². The van der Waals surface area contributed by atoms with Crippen LogP contribution in [0.15, 0.2) is 5.38 Å². The second kappa shape index (κ2) is 7.96. The van der Waals surface area contributed by atoms with Gasteiger partial charge in [0.05, 0.1) is 12.1 Å². The number of nitrogens with zero attached hydrogens (tertiary/aromatic N) is 4. The first-order chi connectivity index (χ1) is 13.1. The van der Waals surface area contributed by atoms with Gasteiger partial charge in [-0.1, -0.05) is 0 Å². The molecular weight excluding hydrogens is 364 g/mol. The van der Waals surface area contributed by atoms with Crippen LogP contribution in [0.2, 0.25) is 0 Å². The van der Waals surface area contributed by atoms with Gasteiger partial charge in [-0.25, -0.2) is 4.98 Å². The summed E-state index contributed by atoms with van der Waals surface area (Å²) in [4.78, 5) is 47.0. The predicted octanol–water partition coefficient (Wildman–Crippen LogP) is 1.67. The minimum Gasteiger partial charge on any atom is -0.342 e. The molecule has 3 aliphatic rings. The number of likely N-dealkylation sites (tertiary alicyclic amines) is 2. The van der Waals surface area contributed by atoms with Crippen molar-refractivity contribution in [3.63, 3.8) is 0 Å². The lowest BCUT2D eigenvalue weighted by molar-refractivity contribution is -0.139. The van der Waals surface area contributed by atoms with Gasteiger partial charge in [-0.2, -0.15) is 0 Å². The zero-order chi connectivity index (χ0) is 18.8. The molecule has 1 aromatic heterocycles. The second-order valence-electron chi connectivity index (χ2n) is 7.63. The Morgan fingerprint density at radius 3 is 2.44 bits per heavy atom. The van der Waals surface area contributed by atoms with Crippen LogP contribution in [0, 0.1) is 5.92 Å². The van der Waals surface area contributed by atoms with E-state index in [4.69, 9.17) is 0 Å². The Labute approximate surface area is 163 Å². The van der Waals surface area contributed by atoms with Crippen LogP contribution in [0.1, 0.15) is 44.2 Å². The fourth-order valence-electron chi connectivity index (χ4n) is 4.19. The number of hydrogen-bond donors (Lipinski definition) is 0. The molecule has 0 bridgehead atoms. The summed E-state index contributed by atoms with van der Waals surface area (Å²) < 4.78 is 0. The molecule has 0 aromatic carbocycles. The number of amides is 3. The summed E-state index contributed by atoms with van der Waals surface area (Å²) in [6.45, 7) is 3.79. The largest absolute Gasteiger partial charge is 0.342 e. The highest BCUT2D eigenvalue weighted by Crippen LogP contribution is 2.26. The lowest BCUT2D eigenvalue weighted by atomic mass is 9.95. The van der Waals surface area contributed by atoms with E-state index >= 15 is 0 Å². The fraction of sp³-hybridized carbons (Fsp3) is 0.684. The van der Waals surface area contributed by atoms with Gasteiger partial charge in [0.2, 0.25) is 17.7 Å². The number of aromatic nitrogens is 1. The minimum atomic E-state index is 0.0617. The van der Waals surface area contributed by atoms with Crippen molar-refractivity contribution < 1.29 is 14.4 Å². The number of rotatable bonds is 4. The number of thiazole rings is 1. The lowest BCUT2D eigenvalue weighted by Crippen LogP contribution is -2.44. The molecule has 0 unspecified atom stereocenters. The summed E-state index contributed by atoms with van der Waals surface area (Å²) >= 11 is 1.43. The Hall–Kier alpha value is -1.96. The van der Waals surface area contributed by atoms with E-state index in [1.54, 1.807) is 4.90 Å². The minimum absolute atomic E-state index is 0.0617. The van der Waals surface area contributed by atoms with Crippen molar-refractivity contribution >= 4 is 34.2 Å². The van der Waals surface area contributed by atoms with Crippen molar-refractivity contribution in [1.82, 2.24) is 14.8 Å². The van der Waals surface area contributed by atoms with E-state index in [-0.39, 0.29) is 30.1 Å². The molecule has 146 valence electrons. The quantitative estimate of drug-likeness (QED) is 0.784. The SMILES string of the molecule is O=C(Cc1csc(N2CCCC2=O)n1)N1CCC(C(=O)N2CCCC2)CC1. The molecule has 7 nitrogen and oxygen atoms in total. The highest BCUT2D eigenvalue weighted by atomic mass is 32.1. The molecule has 0 N–H and O–H groups in total. The number of piperidine rings is 1. The molecule has 0 saturated carbocycles. The molecule has 4 rings (SSSR count). The Bertz CT molecular complexity index is 720. The van der Waals surface area contributed by atoms with Crippen LogP contribution in [0.4, 0.5) is 5.13 Å². The summed E-state index contributed by atoms with van der Waals surface area (Å²) in [6, 6.07) is 0. The van der Waals surface area contributed by atoms with E-state index in [9.17, 15) is 14.4 Å². The van der Waals surface area contributed by atoms with Gasteiger partial charge in [0.15, 0.2) is 5.13 Å². The lowest BCUT2D eigenvalue weighted by Gasteiger charge is -2.33. The van der Waals surface area contributed by atoms with Gasteiger partial charge in [-0.05, 0) is 32.1 Å². The van der Waals surface area contributed by atoms with Crippen LogP contribution in [-0.4, -0.2) is 65.2 Å². The van der Waals surface area contributed by atoms with Gasteiger partial charge < -0.3 is 9.80 Å². The van der Waals surface area contributed by atoms with Gasteiger partial charge in [0, 0.05) is 50.4 Å². The maximum atomic E-state index is 12.6. The molecule has 0 aliphatic carbocycles. The summed E-state index contributed by atoms with van der Waals surface area (Å²) in [7, 11) is 0. The van der Waals surface area contributed by atoms with E-state index in [1.165, 1.54) is 11.3 Å². The van der Waals surface area contributed by atoms with Crippen molar-refractivity contribution in [3.8, 4) is 0 Å². The third kappa shape index (κ3) is 4.00. The Balaban J connectivity index is 1.28. The molecule has 0 spiro atoms. The van der Waals surface area contributed by atoms with Crippen LogP contribution < -0.4 is 4.90 Å². The van der Waals surface area contributed by atoms with Crippen molar-refractivity contribution in [3.05, 3.63) is 11.1 Å². The fourth-order valence-corrected chi connectivity index (χ4v) is 5.06. The Kier molecular flexibility index (Phi) is 5.43. The predicted molar refractivity (Wildman–Crippen MR) is 103 cm³/mol. The van der Waals surface area contributed by atoms with Crippen LogP contribution >= 0.6 is 11.3 Å². The molecule has 0 atom stereocenters. The summed E-state index contributed by atoms with van der Waals surface area (Å²) in [5, 5.41) is 2.58. The molecule has 1 aromatic rings. The summed E-state index contributed by atoms with van der Waals surface area (Å²) in [5.74, 6) is 0.525. The van der Waals surface area contributed by atoms with Crippen LogP contribution in [0.25, 0.3) is 0 Å². The summed E-state index contributed by atoms with van der Waals surface area (Å²) in [6.07, 6.45) is 5.46. The van der Waals surface area contributed by atoms with Gasteiger partial charge in [0.25, 0.3) is 0 Å². The van der Waals surface area contributed by atoms with Crippen molar-refractivity contribution in [2.24, 2.45) is 5.92 Å². The Morgan fingerprint density at radius 2 is 1.78 bits per heavy atom. The molecule has 0 radical (unpaired) electrons. The molecule has 3 aliphatic heterocycles. The molecule has 3 saturated heterocycles. The number of anilines is 1. The topological polar surface area (TPSA) is 73.8 Å². The molecule has 27 heavy (non-hydrogen) atoms. The maximum absolute atomic E-state index is 12.6. The monoisotopic (exact) mass is 390 g/mol. The number of carbonyl (C=O) groups excluding carboxylic acids is 3. The van der Waals surface area contributed by atoms with Crippen molar-refractivity contribution in [2.45, 2.75) is 44.9 Å². The normalized spacial score (nSPS) is 21.3. The average molecular weight is 391 g/mol. The zero-order valence-electron chi connectivity index (χ0n) is 15.6. The third-order valence-electron chi connectivity index (χ3n) is 5.79. The first-order valence-corrected chi connectivity index (χ1v) is 10.8. The first-order valence-electron chi connectivity index (χ1n) is 9.93. The second-order valence-corrected chi connectivity index (χ2v) is 8.47. The first kappa shape index (κ1) is 18.4. The Morgan fingerprint density at radius 1 is 1.04 bits per heavy atom. The smallest absolute Gasteiger partial charge is 0.228 e. The highest BCUT2D eigenvalue weighted by molar-refractivity contribution is 7.14. The van der Waals surface area contributed by atoms with Crippen molar-refractivity contribution in [1.29, 1.82) is 0 Å². The molecule has 3 fully saturated rings. The van der Waals surface area contributed by atoms with Crippen molar-refractivity contribution in [2.75, 3.05) is 37.6 Å². The standard InChI is InChI=1S/C19H26N4O3S/c24-16-4-3-9-23(16)19-20-15(13-27-19)12-17(25)21-10-5-14(6-11-21)18(26)22-7-1-2-8-22/h13-14H,1-12H2. The van der Waals surface area contributed by atoms with Crippen LogP contribution in [0.3, 0.4) is 0 Å². The molecule has 4 heterocycles. The number of carbonyl (C=O) groups is 3. The van der Waals surface area contributed by atoms with E-state index in [0.717, 1.165) is 57.4 Å². The van der Waals surface area contributed by atoms with Gasteiger partial charge in [0.1, 0.15) is 0 Å².